The Labute approximate surface area is 88.0 Å². The van der Waals surface area contributed by atoms with E-state index in [2.05, 4.69) is 4.74 Å². The predicted octanol–water partition coefficient (Wildman–Crippen LogP) is -0.729. The molecule has 1 amide bonds. The van der Waals surface area contributed by atoms with Crippen molar-refractivity contribution >= 4 is 12.1 Å². The number of amides is 1. The van der Waals surface area contributed by atoms with Gasteiger partial charge < -0.3 is 26.4 Å². The van der Waals surface area contributed by atoms with Crippen LogP contribution >= 0.6 is 0 Å². The zero-order valence-electron chi connectivity index (χ0n) is 9.06. The molecule has 15 heavy (non-hydrogen) atoms. The normalized spacial score (nSPS) is 12.1. The smallest absolute Gasteiger partial charge is 0.405 e. The second-order valence-corrected chi connectivity index (χ2v) is 3.66. The molecule has 7 heteroatoms. The molecule has 0 aliphatic carbocycles. The minimum absolute atomic E-state index is 0.453. The third-order valence-electron chi connectivity index (χ3n) is 0.921. The van der Waals surface area contributed by atoms with Gasteiger partial charge in [-0.1, -0.05) is 0 Å². The maximum absolute atomic E-state index is 10.0. The van der Waals surface area contributed by atoms with E-state index in [1.54, 1.807) is 20.8 Å². The van der Waals surface area contributed by atoms with E-state index in [0.29, 0.717) is 0 Å². The number of aliphatic hydroxyl groups excluding tert-OH is 1. The highest BCUT2D eigenvalue weighted by Crippen LogP contribution is 2.04. The Kier molecular flexibility index (Phi) is 7.53. The van der Waals surface area contributed by atoms with Crippen molar-refractivity contribution in [2.24, 2.45) is 11.5 Å². The standard InChI is InChI=1S/C5H11NO2.C3H7NO3/c1-5(2,3)8-4(6)7;4-2(1-5)3(6)7/h1-3H3,(H2,6,7);2,5H,1,4H2,(H,6,7)/t;2-/m.1/s1. The second kappa shape index (κ2) is 7.02. The summed E-state index contributed by atoms with van der Waals surface area (Å²) in [7, 11) is 0. The lowest BCUT2D eigenvalue weighted by atomic mass is 10.2. The van der Waals surface area contributed by atoms with E-state index < -0.39 is 30.3 Å². The highest BCUT2D eigenvalue weighted by molar-refractivity contribution is 5.73. The van der Waals surface area contributed by atoms with Gasteiger partial charge in [-0.3, -0.25) is 4.79 Å². The molecule has 90 valence electrons. The number of hydrogen-bond donors (Lipinski definition) is 4. The van der Waals surface area contributed by atoms with Crippen LogP contribution in [0, 0.1) is 0 Å². The first-order chi connectivity index (χ1) is 6.60. The molecule has 7 nitrogen and oxygen atoms in total. The van der Waals surface area contributed by atoms with Gasteiger partial charge in [0.25, 0.3) is 0 Å². The lowest BCUT2D eigenvalue weighted by Gasteiger charge is -2.16. The molecule has 0 aliphatic rings. The Morgan fingerprint density at radius 3 is 1.80 bits per heavy atom. The molecule has 0 aromatic carbocycles. The minimum Gasteiger partial charge on any atom is -0.480 e. The van der Waals surface area contributed by atoms with Gasteiger partial charge in [0.15, 0.2) is 0 Å². The van der Waals surface area contributed by atoms with E-state index in [0.717, 1.165) is 0 Å². The molecule has 0 heterocycles. The molecule has 0 aromatic heterocycles. The molecule has 0 bridgehead atoms. The Hall–Kier alpha value is -1.34. The van der Waals surface area contributed by atoms with E-state index in [1.165, 1.54) is 0 Å². The summed E-state index contributed by atoms with van der Waals surface area (Å²) in [6, 6.07) is -1.13. The van der Waals surface area contributed by atoms with Crippen LogP contribution in [0.3, 0.4) is 0 Å². The van der Waals surface area contributed by atoms with Crippen molar-refractivity contribution in [3.8, 4) is 0 Å². The average molecular weight is 222 g/mol. The number of ether oxygens (including phenoxy) is 1. The summed E-state index contributed by atoms with van der Waals surface area (Å²) in [6.45, 7) is 4.78. The van der Waals surface area contributed by atoms with Crippen LogP contribution in [-0.4, -0.2) is 40.5 Å². The SMILES string of the molecule is CC(C)(C)OC(N)=O.N[C@H](CO)C(=O)O. The van der Waals surface area contributed by atoms with Crippen LogP contribution in [0.15, 0.2) is 0 Å². The lowest BCUT2D eigenvalue weighted by Crippen LogP contribution is -2.33. The molecule has 0 saturated carbocycles. The molecule has 0 saturated heterocycles. The van der Waals surface area contributed by atoms with E-state index in [4.69, 9.17) is 21.7 Å². The summed E-state index contributed by atoms with van der Waals surface area (Å²) < 4.78 is 4.58. The fourth-order valence-corrected chi connectivity index (χ4v) is 0.380. The lowest BCUT2D eigenvalue weighted by molar-refractivity contribution is -0.139. The van der Waals surface area contributed by atoms with Crippen LogP contribution in [0.2, 0.25) is 0 Å². The van der Waals surface area contributed by atoms with Crippen molar-refractivity contribution < 1.29 is 24.5 Å². The fourth-order valence-electron chi connectivity index (χ4n) is 0.380. The highest BCUT2D eigenvalue weighted by atomic mass is 16.6. The molecule has 0 radical (unpaired) electrons. The second-order valence-electron chi connectivity index (χ2n) is 3.66. The third-order valence-corrected chi connectivity index (χ3v) is 0.921. The van der Waals surface area contributed by atoms with Crippen LogP contribution in [0.25, 0.3) is 0 Å². The topological polar surface area (TPSA) is 136 Å². The number of aliphatic carboxylic acids is 1. The van der Waals surface area contributed by atoms with Gasteiger partial charge in [-0.25, -0.2) is 4.79 Å². The van der Waals surface area contributed by atoms with Gasteiger partial charge >= 0.3 is 12.1 Å². The van der Waals surface area contributed by atoms with Crippen molar-refractivity contribution in [3.63, 3.8) is 0 Å². The number of nitrogens with two attached hydrogens (primary N) is 2. The molecule has 0 aliphatic heterocycles. The number of carbonyl (C=O) groups is 2. The zero-order valence-corrected chi connectivity index (χ0v) is 9.06. The van der Waals surface area contributed by atoms with E-state index in [9.17, 15) is 9.59 Å². The summed E-state index contributed by atoms with van der Waals surface area (Å²) in [4.78, 5) is 19.7. The molecule has 0 unspecified atom stereocenters. The minimum atomic E-state index is -1.18. The van der Waals surface area contributed by atoms with Gasteiger partial charge in [0.1, 0.15) is 11.6 Å². The number of rotatable bonds is 2. The Morgan fingerprint density at radius 1 is 1.40 bits per heavy atom. The van der Waals surface area contributed by atoms with Crippen LogP contribution in [0.5, 0.6) is 0 Å². The number of aliphatic hydroxyl groups is 1. The third kappa shape index (κ3) is 15.4. The first-order valence-corrected chi connectivity index (χ1v) is 4.18. The molecule has 0 spiro atoms. The van der Waals surface area contributed by atoms with E-state index in [-0.39, 0.29) is 0 Å². The van der Waals surface area contributed by atoms with Crippen LogP contribution in [-0.2, 0) is 9.53 Å². The molecule has 0 rings (SSSR count). The highest BCUT2D eigenvalue weighted by Gasteiger charge is 2.12. The molecule has 6 N–H and O–H groups in total. The number of primary amides is 1. The van der Waals surface area contributed by atoms with Crippen LogP contribution in [0.4, 0.5) is 4.79 Å². The van der Waals surface area contributed by atoms with Gasteiger partial charge in [0.2, 0.25) is 0 Å². The van der Waals surface area contributed by atoms with Crippen molar-refractivity contribution in [3.05, 3.63) is 0 Å². The quantitative estimate of drug-likeness (QED) is 0.486. The van der Waals surface area contributed by atoms with Crippen molar-refractivity contribution in [1.29, 1.82) is 0 Å². The van der Waals surface area contributed by atoms with Crippen LogP contribution < -0.4 is 11.5 Å². The summed E-state index contributed by atoms with van der Waals surface area (Å²) in [5.74, 6) is -1.18. The predicted molar refractivity (Wildman–Crippen MR) is 53.1 cm³/mol. The average Bonchev–Trinajstić information content (AvgIpc) is 1.99. The fraction of sp³-hybridized carbons (Fsp3) is 0.750. The molecular formula is C8H18N2O5. The largest absolute Gasteiger partial charge is 0.480 e. The van der Waals surface area contributed by atoms with Crippen molar-refractivity contribution in [2.45, 2.75) is 32.4 Å². The number of carbonyl (C=O) groups excluding carboxylic acids is 1. The summed E-state index contributed by atoms with van der Waals surface area (Å²) in [5, 5.41) is 15.9. The Morgan fingerprint density at radius 2 is 1.80 bits per heavy atom. The molecule has 0 aromatic rings. The number of hydrogen-bond acceptors (Lipinski definition) is 5. The van der Waals surface area contributed by atoms with Gasteiger partial charge in [-0.2, -0.15) is 0 Å². The molecule has 1 atom stereocenters. The van der Waals surface area contributed by atoms with Gasteiger partial charge in [0, 0.05) is 0 Å². The summed E-state index contributed by atoms with van der Waals surface area (Å²) in [6.07, 6.45) is -0.725. The first kappa shape index (κ1) is 16.1. The summed E-state index contributed by atoms with van der Waals surface area (Å²) >= 11 is 0. The van der Waals surface area contributed by atoms with Crippen LogP contribution in [0.1, 0.15) is 20.8 Å². The summed E-state index contributed by atoms with van der Waals surface area (Å²) in [5.41, 5.74) is 9.03. The zero-order chi connectivity index (χ0) is 12.6. The monoisotopic (exact) mass is 222 g/mol. The van der Waals surface area contributed by atoms with Crippen molar-refractivity contribution in [1.82, 2.24) is 0 Å². The van der Waals surface area contributed by atoms with Gasteiger partial charge in [-0.05, 0) is 20.8 Å². The maximum Gasteiger partial charge on any atom is 0.405 e. The molecule has 0 fully saturated rings. The Bertz CT molecular complexity index is 212. The first-order valence-electron chi connectivity index (χ1n) is 4.18. The Balaban J connectivity index is 0. The van der Waals surface area contributed by atoms with Crippen molar-refractivity contribution in [2.75, 3.05) is 6.61 Å². The van der Waals surface area contributed by atoms with E-state index >= 15 is 0 Å². The number of carboxylic acids is 1. The van der Waals surface area contributed by atoms with Gasteiger partial charge in [0.05, 0.1) is 6.61 Å². The van der Waals surface area contributed by atoms with E-state index in [1.807, 2.05) is 0 Å². The van der Waals surface area contributed by atoms with Gasteiger partial charge in [-0.15, -0.1) is 0 Å². The number of carboxylic acid groups (broad SMARTS) is 1. The maximum atomic E-state index is 10.0. The molecular weight excluding hydrogens is 204 g/mol.